The molecule has 0 atom stereocenters. The monoisotopic (exact) mass is 223 g/mol. The average molecular weight is 223 g/mol. The molecule has 0 bridgehead atoms. The number of rotatable bonds is 5. The van der Waals surface area contributed by atoms with E-state index in [1.54, 1.807) is 11.3 Å². The van der Waals surface area contributed by atoms with Crippen LogP contribution in [0.5, 0.6) is 0 Å². The van der Waals surface area contributed by atoms with Gasteiger partial charge in [0.2, 0.25) is 0 Å². The Morgan fingerprint density at radius 3 is 3.20 bits per heavy atom. The van der Waals surface area contributed by atoms with Crippen molar-refractivity contribution in [1.29, 1.82) is 0 Å². The summed E-state index contributed by atoms with van der Waals surface area (Å²) < 4.78 is 0. The molecule has 5 nitrogen and oxygen atoms in total. The fraction of sp³-hybridized carbons (Fsp3) is 0.444. The molecule has 6 heteroatoms. The molecule has 0 aliphatic heterocycles. The number of aromatic nitrogens is 4. The third kappa shape index (κ3) is 2.60. The number of aromatic amines is 1. The second-order valence-electron chi connectivity index (χ2n) is 3.15. The number of nitrogens with one attached hydrogen (secondary N) is 2. The molecule has 0 aromatic carbocycles. The summed E-state index contributed by atoms with van der Waals surface area (Å²) in [5, 5.41) is 12.8. The number of H-pyrrole nitrogens is 1. The van der Waals surface area contributed by atoms with E-state index in [1.807, 2.05) is 5.38 Å². The summed E-state index contributed by atoms with van der Waals surface area (Å²) in [5.41, 5.74) is 1.06. The van der Waals surface area contributed by atoms with E-state index >= 15 is 0 Å². The Morgan fingerprint density at radius 2 is 2.47 bits per heavy atom. The summed E-state index contributed by atoms with van der Waals surface area (Å²) in [7, 11) is 0. The highest BCUT2D eigenvalue weighted by atomic mass is 32.1. The van der Waals surface area contributed by atoms with Crippen molar-refractivity contribution in [3.8, 4) is 10.8 Å². The normalized spacial score (nSPS) is 10.7. The van der Waals surface area contributed by atoms with Gasteiger partial charge >= 0.3 is 0 Å². The fourth-order valence-corrected chi connectivity index (χ4v) is 1.96. The molecule has 2 heterocycles. The Kier molecular flexibility index (Phi) is 3.41. The van der Waals surface area contributed by atoms with Crippen LogP contribution in [-0.2, 0) is 6.54 Å². The summed E-state index contributed by atoms with van der Waals surface area (Å²) >= 11 is 1.58. The summed E-state index contributed by atoms with van der Waals surface area (Å²) in [6, 6.07) is 0. The molecule has 15 heavy (non-hydrogen) atoms. The van der Waals surface area contributed by atoms with Crippen LogP contribution in [0.25, 0.3) is 10.8 Å². The maximum absolute atomic E-state index is 4.45. The number of nitrogens with zero attached hydrogens (tertiary/aromatic N) is 3. The Bertz CT molecular complexity index is 394. The van der Waals surface area contributed by atoms with Gasteiger partial charge in [-0.15, -0.1) is 11.3 Å². The third-order valence-electron chi connectivity index (χ3n) is 1.90. The van der Waals surface area contributed by atoms with Crippen LogP contribution in [0.3, 0.4) is 0 Å². The van der Waals surface area contributed by atoms with E-state index in [1.165, 1.54) is 6.33 Å². The third-order valence-corrected chi connectivity index (χ3v) is 2.80. The first-order chi connectivity index (χ1) is 7.40. The standard InChI is InChI=1S/C9H13N5S/c1-2-3-10-4-7-5-15-9(13-7)8-11-6-12-14-8/h5-6,10H,2-4H2,1H3,(H,11,12,14). The molecular formula is C9H13N5S. The predicted molar refractivity (Wildman–Crippen MR) is 59.5 cm³/mol. The van der Waals surface area contributed by atoms with Crippen molar-refractivity contribution < 1.29 is 0 Å². The maximum atomic E-state index is 4.45. The highest BCUT2D eigenvalue weighted by Gasteiger charge is 2.06. The summed E-state index contributed by atoms with van der Waals surface area (Å²) in [6.07, 6.45) is 2.63. The van der Waals surface area contributed by atoms with Crippen molar-refractivity contribution in [3.05, 3.63) is 17.4 Å². The Hall–Kier alpha value is -1.27. The van der Waals surface area contributed by atoms with Gasteiger partial charge in [-0.2, -0.15) is 5.10 Å². The van der Waals surface area contributed by atoms with Gasteiger partial charge in [0, 0.05) is 11.9 Å². The van der Waals surface area contributed by atoms with E-state index in [9.17, 15) is 0 Å². The zero-order chi connectivity index (χ0) is 10.5. The van der Waals surface area contributed by atoms with Gasteiger partial charge in [0.1, 0.15) is 6.33 Å². The Morgan fingerprint density at radius 1 is 1.53 bits per heavy atom. The predicted octanol–water partition coefficient (Wildman–Crippen LogP) is 1.43. The van der Waals surface area contributed by atoms with Crippen LogP contribution in [0.15, 0.2) is 11.7 Å². The first-order valence-corrected chi connectivity index (χ1v) is 5.79. The SMILES string of the molecule is CCCNCc1csc(-c2ncn[nH]2)n1. The highest BCUT2D eigenvalue weighted by Crippen LogP contribution is 2.18. The molecule has 0 amide bonds. The van der Waals surface area contributed by atoms with Gasteiger partial charge in [-0.3, -0.25) is 5.10 Å². The van der Waals surface area contributed by atoms with Crippen LogP contribution >= 0.6 is 11.3 Å². The molecule has 2 aromatic rings. The summed E-state index contributed by atoms with van der Waals surface area (Å²) in [4.78, 5) is 8.50. The van der Waals surface area contributed by atoms with Crippen LogP contribution < -0.4 is 5.32 Å². The lowest BCUT2D eigenvalue weighted by atomic mass is 10.4. The topological polar surface area (TPSA) is 66.5 Å². The number of hydrogen-bond donors (Lipinski definition) is 2. The van der Waals surface area contributed by atoms with Crippen LogP contribution in [0.1, 0.15) is 19.0 Å². The second-order valence-corrected chi connectivity index (χ2v) is 4.01. The molecule has 0 unspecified atom stereocenters. The van der Waals surface area contributed by atoms with E-state index < -0.39 is 0 Å². The zero-order valence-electron chi connectivity index (χ0n) is 8.53. The van der Waals surface area contributed by atoms with Crippen molar-refractivity contribution >= 4 is 11.3 Å². The second kappa shape index (κ2) is 4.99. The van der Waals surface area contributed by atoms with Gasteiger partial charge in [0.15, 0.2) is 10.8 Å². The van der Waals surface area contributed by atoms with Crippen molar-refractivity contribution in [2.75, 3.05) is 6.54 Å². The van der Waals surface area contributed by atoms with Gasteiger partial charge in [-0.05, 0) is 13.0 Å². The van der Waals surface area contributed by atoms with E-state index in [-0.39, 0.29) is 0 Å². The van der Waals surface area contributed by atoms with Crippen LogP contribution in [-0.4, -0.2) is 26.7 Å². The van der Waals surface area contributed by atoms with Gasteiger partial charge in [-0.25, -0.2) is 9.97 Å². The lowest BCUT2D eigenvalue weighted by Gasteiger charge is -1.97. The first-order valence-electron chi connectivity index (χ1n) is 4.91. The summed E-state index contributed by atoms with van der Waals surface area (Å²) in [5.74, 6) is 0.738. The molecule has 0 aliphatic carbocycles. The van der Waals surface area contributed by atoms with E-state index in [4.69, 9.17) is 0 Å². The molecule has 0 aliphatic rings. The first kappa shape index (κ1) is 10.3. The van der Waals surface area contributed by atoms with Crippen molar-refractivity contribution in [3.63, 3.8) is 0 Å². The van der Waals surface area contributed by atoms with E-state index in [0.717, 1.165) is 36.0 Å². The van der Waals surface area contributed by atoms with Crippen LogP contribution in [0.2, 0.25) is 0 Å². The van der Waals surface area contributed by atoms with E-state index in [0.29, 0.717) is 0 Å². The Labute approximate surface area is 92.0 Å². The molecule has 2 N–H and O–H groups in total. The van der Waals surface area contributed by atoms with Crippen molar-refractivity contribution in [2.45, 2.75) is 19.9 Å². The quantitative estimate of drug-likeness (QED) is 0.752. The van der Waals surface area contributed by atoms with Gasteiger partial charge in [0.25, 0.3) is 0 Å². The maximum Gasteiger partial charge on any atom is 0.184 e. The Balaban J connectivity index is 1.98. The smallest absolute Gasteiger partial charge is 0.184 e. The van der Waals surface area contributed by atoms with Gasteiger partial charge < -0.3 is 5.32 Å². The number of thiazole rings is 1. The minimum absolute atomic E-state index is 0.738. The molecule has 0 saturated carbocycles. The van der Waals surface area contributed by atoms with Gasteiger partial charge in [0.05, 0.1) is 5.69 Å². The van der Waals surface area contributed by atoms with Crippen molar-refractivity contribution in [2.24, 2.45) is 0 Å². The van der Waals surface area contributed by atoms with Crippen molar-refractivity contribution in [1.82, 2.24) is 25.5 Å². The lowest BCUT2D eigenvalue weighted by Crippen LogP contribution is -2.13. The fourth-order valence-electron chi connectivity index (χ4n) is 1.20. The molecule has 0 fully saturated rings. The average Bonchev–Trinajstić information content (AvgIpc) is 2.87. The molecule has 0 saturated heterocycles. The minimum atomic E-state index is 0.738. The highest BCUT2D eigenvalue weighted by molar-refractivity contribution is 7.13. The minimum Gasteiger partial charge on any atom is -0.311 e. The van der Waals surface area contributed by atoms with E-state index in [2.05, 4.69) is 32.4 Å². The number of hydrogen-bond acceptors (Lipinski definition) is 5. The summed E-state index contributed by atoms with van der Waals surface area (Å²) in [6.45, 7) is 3.99. The molecule has 2 aromatic heterocycles. The largest absolute Gasteiger partial charge is 0.311 e. The molecule has 2 rings (SSSR count). The van der Waals surface area contributed by atoms with Crippen LogP contribution in [0, 0.1) is 0 Å². The zero-order valence-corrected chi connectivity index (χ0v) is 9.34. The molecule has 0 radical (unpaired) electrons. The van der Waals surface area contributed by atoms with Gasteiger partial charge in [-0.1, -0.05) is 6.92 Å². The molecular weight excluding hydrogens is 210 g/mol. The molecule has 80 valence electrons. The molecule has 0 spiro atoms. The lowest BCUT2D eigenvalue weighted by molar-refractivity contribution is 0.667. The van der Waals surface area contributed by atoms with Crippen LogP contribution in [0.4, 0.5) is 0 Å².